The highest BCUT2D eigenvalue weighted by atomic mass is 28.4. The summed E-state index contributed by atoms with van der Waals surface area (Å²) >= 11 is 0. The van der Waals surface area contributed by atoms with E-state index in [-0.39, 0.29) is 57.9 Å². The molecule has 0 heterocycles. The third kappa shape index (κ3) is 12.8. The van der Waals surface area contributed by atoms with Crippen LogP contribution in [0, 0.1) is 17.8 Å². The van der Waals surface area contributed by atoms with Crippen LogP contribution < -0.4 is 26.1 Å². The van der Waals surface area contributed by atoms with Crippen molar-refractivity contribution in [1.82, 2.24) is 5.32 Å². The van der Waals surface area contributed by atoms with E-state index in [4.69, 9.17) is 18.3 Å². The van der Waals surface area contributed by atoms with E-state index in [0.717, 1.165) is 44.9 Å². The molecule has 2 saturated carbocycles. The third-order valence-electron chi connectivity index (χ3n) is 13.3. The van der Waals surface area contributed by atoms with E-state index < -0.39 is 28.3 Å². The van der Waals surface area contributed by atoms with Crippen molar-refractivity contribution in [2.24, 2.45) is 17.8 Å². The zero-order valence-corrected chi connectivity index (χ0v) is 44.0. The Kier molecular flexibility index (Phi) is 18.0. The van der Waals surface area contributed by atoms with Crippen LogP contribution in [0.4, 0.5) is 0 Å². The number of hydrogen-bond acceptors (Lipinski definition) is 7. The number of carbonyl (C=O) groups excluding carboxylic acids is 3. The van der Waals surface area contributed by atoms with Crippen LogP contribution in [0.25, 0.3) is 0 Å². The predicted molar refractivity (Wildman–Crippen MR) is 274 cm³/mol. The molecule has 5 atom stereocenters. The molecule has 4 aromatic rings. The molecule has 4 aromatic carbocycles. The maximum Gasteiger partial charge on any atom is 0.329 e. The van der Waals surface area contributed by atoms with Gasteiger partial charge in [0.05, 0.1) is 13.0 Å². The number of ether oxygens (including phenoxy) is 2. The maximum atomic E-state index is 13.5. The summed E-state index contributed by atoms with van der Waals surface area (Å²) in [6.45, 7) is 23.1. The number of rotatable bonds is 13. The molecule has 358 valence electrons. The second-order valence-corrected chi connectivity index (χ2v) is 30.3. The highest BCUT2D eigenvalue weighted by Crippen LogP contribution is 2.42. The lowest BCUT2D eigenvalue weighted by Crippen LogP contribution is -2.68. The van der Waals surface area contributed by atoms with Crippen molar-refractivity contribution >= 4 is 55.2 Å². The molecule has 2 aliphatic carbocycles. The van der Waals surface area contributed by atoms with Crippen LogP contribution in [0.5, 0.6) is 0 Å². The Morgan fingerprint density at radius 1 is 0.545 bits per heavy atom. The second kappa shape index (κ2) is 22.6. The Balaban J connectivity index is 0.000000259. The van der Waals surface area contributed by atoms with Gasteiger partial charge in [-0.3, -0.25) is 9.59 Å². The summed E-state index contributed by atoms with van der Waals surface area (Å²) in [7, 11) is -3.78. The molecule has 1 N–H and O–H groups in total. The van der Waals surface area contributed by atoms with Crippen molar-refractivity contribution in [2.75, 3.05) is 7.11 Å². The van der Waals surface area contributed by atoms with Crippen LogP contribution in [0.1, 0.15) is 128 Å². The molecular formula is C56H79NO7Si2. The summed E-state index contributed by atoms with van der Waals surface area (Å²) in [4.78, 5) is 38.5. The second-order valence-electron chi connectivity index (χ2n) is 21.8. The fourth-order valence-corrected chi connectivity index (χ4v) is 19.6. The molecule has 8 nitrogen and oxygen atoms in total. The van der Waals surface area contributed by atoms with Crippen LogP contribution >= 0.6 is 0 Å². The van der Waals surface area contributed by atoms with Crippen LogP contribution in [0.3, 0.4) is 0 Å². The average Bonchev–Trinajstić information content (AvgIpc) is 3.29. The molecule has 6 rings (SSSR count). The maximum absolute atomic E-state index is 13.5. The van der Waals surface area contributed by atoms with Gasteiger partial charge in [-0.1, -0.05) is 190 Å². The lowest BCUT2D eigenvalue weighted by Gasteiger charge is -2.46. The molecule has 2 fully saturated rings. The molecule has 4 unspecified atom stereocenters. The van der Waals surface area contributed by atoms with Crippen molar-refractivity contribution in [3.05, 3.63) is 121 Å². The van der Waals surface area contributed by atoms with E-state index in [1.165, 1.54) is 27.9 Å². The normalized spacial score (nSPS) is 20.0. The Morgan fingerprint density at radius 2 is 0.894 bits per heavy atom. The number of esters is 2. The van der Waals surface area contributed by atoms with Gasteiger partial charge in [0.25, 0.3) is 16.6 Å². The van der Waals surface area contributed by atoms with Crippen molar-refractivity contribution in [3.63, 3.8) is 0 Å². The Hall–Kier alpha value is -4.36. The van der Waals surface area contributed by atoms with Gasteiger partial charge in [-0.2, -0.15) is 0 Å². The molecule has 2 aliphatic rings. The van der Waals surface area contributed by atoms with Gasteiger partial charge in [-0.25, -0.2) is 4.79 Å². The highest BCUT2D eigenvalue weighted by Gasteiger charge is 2.53. The van der Waals surface area contributed by atoms with E-state index in [9.17, 15) is 14.4 Å². The molecule has 0 saturated heterocycles. The first kappa shape index (κ1) is 52.6. The van der Waals surface area contributed by atoms with Crippen LogP contribution in [0.2, 0.25) is 10.1 Å². The highest BCUT2D eigenvalue weighted by molar-refractivity contribution is 7.00. The first-order chi connectivity index (χ1) is 31.1. The summed E-state index contributed by atoms with van der Waals surface area (Å²) in [5.74, 6) is -0.878. The van der Waals surface area contributed by atoms with Crippen molar-refractivity contribution in [1.29, 1.82) is 0 Å². The molecule has 0 radical (unpaired) electrons. The molecule has 0 bridgehead atoms. The summed E-state index contributed by atoms with van der Waals surface area (Å²) in [6, 6.07) is 42.0. The summed E-state index contributed by atoms with van der Waals surface area (Å²) in [5, 5.41) is 7.92. The summed E-state index contributed by atoms with van der Waals surface area (Å²) in [6.07, 6.45) is 6.97. The van der Waals surface area contributed by atoms with Crippen LogP contribution in [0.15, 0.2) is 121 Å². The van der Waals surface area contributed by atoms with E-state index in [1.54, 1.807) is 0 Å². The summed E-state index contributed by atoms with van der Waals surface area (Å²) < 4.78 is 25.1. The van der Waals surface area contributed by atoms with E-state index in [1.807, 2.05) is 46.8 Å². The minimum Gasteiger partial charge on any atom is -0.469 e. The van der Waals surface area contributed by atoms with Gasteiger partial charge in [-0.05, 0) is 96.0 Å². The molecule has 0 aliphatic heterocycles. The Labute approximate surface area is 399 Å². The molecule has 0 aromatic heterocycles. The van der Waals surface area contributed by atoms with Gasteiger partial charge < -0.3 is 23.6 Å². The van der Waals surface area contributed by atoms with Crippen molar-refractivity contribution in [2.45, 2.75) is 161 Å². The fraction of sp³-hybridized carbons (Fsp3) is 0.518. The van der Waals surface area contributed by atoms with E-state index >= 15 is 0 Å². The molecule has 66 heavy (non-hydrogen) atoms. The number of hydrogen-bond donors (Lipinski definition) is 1. The first-order valence-corrected chi connectivity index (χ1v) is 28.1. The van der Waals surface area contributed by atoms with Gasteiger partial charge in [0.1, 0.15) is 11.6 Å². The van der Waals surface area contributed by atoms with Crippen molar-refractivity contribution < 1.29 is 32.7 Å². The third-order valence-corrected chi connectivity index (χ3v) is 23.5. The van der Waals surface area contributed by atoms with Crippen molar-refractivity contribution in [3.8, 4) is 0 Å². The number of amides is 1. The number of nitrogens with one attached hydrogen (secondary N) is 1. The van der Waals surface area contributed by atoms with Gasteiger partial charge in [-0.15, -0.1) is 0 Å². The number of benzene rings is 4. The Bertz CT molecular complexity index is 2050. The minimum atomic E-state index is -2.70. The quantitative estimate of drug-likeness (QED) is 0.105. The fourth-order valence-electron chi connectivity index (χ4n) is 10.1. The van der Waals surface area contributed by atoms with Gasteiger partial charge in [0.15, 0.2) is 0 Å². The monoisotopic (exact) mass is 934 g/mol. The van der Waals surface area contributed by atoms with Gasteiger partial charge in [0, 0.05) is 18.1 Å². The summed E-state index contributed by atoms with van der Waals surface area (Å²) in [5.41, 5.74) is -0.603. The smallest absolute Gasteiger partial charge is 0.329 e. The SMILES string of the molecule is CC(C)[C@H](NC(=O)C1CCCC(O[Si](c2ccccc2)(c2ccccc2)C(C)(C)C)C1)C(=O)OC(C)(C)C.COC(=O)C1CCCC(O[Si](c2ccccc2)(c2ccccc2)C(C)(C)C)C1. The van der Waals surface area contributed by atoms with E-state index in [0.29, 0.717) is 6.42 Å². The molecule has 0 spiro atoms. The number of carbonyl (C=O) groups is 3. The molecule has 10 heteroatoms. The van der Waals surface area contributed by atoms with Gasteiger partial charge >= 0.3 is 11.9 Å². The van der Waals surface area contributed by atoms with Gasteiger partial charge in [0.2, 0.25) is 5.91 Å². The van der Waals surface area contributed by atoms with Crippen LogP contribution in [-0.4, -0.2) is 65.4 Å². The minimum absolute atomic E-state index is 0.0372. The molecule has 1 amide bonds. The largest absolute Gasteiger partial charge is 0.469 e. The zero-order valence-electron chi connectivity index (χ0n) is 42.0. The molecular weight excluding hydrogens is 855 g/mol. The first-order valence-electron chi connectivity index (χ1n) is 24.3. The van der Waals surface area contributed by atoms with Crippen LogP contribution in [-0.2, 0) is 32.7 Å². The topological polar surface area (TPSA) is 100 Å². The predicted octanol–water partition coefficient (Wildman–Crippen LogP) is 9.90. The lowest BCUT2D eigenvalue weighted by atomic mass is 9.86. The average molecular weight is 934 g/mol. The van der Waals surface area contributed by atoms with E-state index in [2.05, 4.69) is 156 Å². The standard InChI is InChI=1S/C32H47NO4Si.C24H32O3Si/c1-23(2)28(30(35)36-31(3,4)5)33-29(34)24-16-15-17-25(22-24)37-38(32(6,7)8,26-18-11-9-12-19-26)27-20-13-10-14-21-27;1-24(2,3)28(21-14-7-5-8-15-21,22-16-9-6-10-17-22)27-20-13-11-12-19(18-20)23(25)26-4/h9-14,18-21,23-25,28H,15-17,22H2,1-8H3,(H,33,34);5-10,14-17,19-20H,11-13,18H2,1-4H3/t24?,25?,28-;/m0./s1. The zero-order chi connectivity index (χ0) is 48.3. The Morgan fingerprint density at radius 3 is 1.21 bits per heavy atom. The number of methoxy groups -OCH3 is 1. The lowest BCUT2D eigenvalue weighted by molar-refractivity contribution is -0.160.